The Kier molecular flexibility index (Phi) is 6.59. The minimum absolute atomic E-state index is 0.144. The summed E-state index contributed by atoms with van der Waals surface area (Å²) in [6.45, 7) is 2.51. The molecule has 0 bridgehead atoms. The van der Waals surface area contributed by atoms with Crippen LogP contribution in [0.15, 0.2) is 59.6 Å². The SMILES string of the molecule is Cc1ccc(S(=O)(=O)N2CCCC(NC(=O)c3cnc(-c4cccc(C(=O)O)c4)s3)C2)cc1. The van der Waals surface area contributed by atoms with Gasteiger partial charge in [-0.2, -0.15) is 4.31 Å². The van der Waals surface area contributed by atoms with E-state index in [0.29, 0.717) is 34.8 Å². The number of carbonyl (C=O) groups is 2. The van der Waals surface area contributed by atoms with Gasteiger partial charge in [-0.15, -0.1) is 11.3 Å². The minimum Gasteiger partial charge on any atom is -0.478 e. The quantitative estimate of drug-likeness (QED) is 0.553. The molecule has 10 heteroatoms. The second-order valence-corrected chi connectivity index (χ2v) is 10.9. The number of nitrogens with zero attached hydrogens (tertiary/aromatic N) is 2. The number of nitrogens with one attached hydrogen (secondary N) is 1. The molecule has 1 atom stereocenters. The number of carbonyl (C=O) groups excluding carboxylic acids is 1. The lowest BCUT2D eigenvalue weighted by atomic mass is 10.1. The van der Waals surface area contributed by atoms with Gasteiger partial charge in [0.25, 0.3) is 5.91 Å². The summed E-state index contributed by atoms with van der Waals surface area (Å²) in [6.07, 6.45) is 2.77. The molecule has 4 rings (SSSR count). The number of hydrogen-bond acceptors (Lipinski definition) is 6. The lowest BCUT2D eigenvalue weighted by Gasteiger charge is -2.32. The van der Waals surface area contributed by atoms with Crippen LogP contribution in [0.2, 0.25) is 0 Å². The smallest absolute Gasteiger partial charge is 0.335 e. The maximum Gasteiger partial charge on any atom is 0.335 e. The molecule has 0 saturated carbocycles. The number of carboxylic acids is 1. The number of thiazole rings is 1. The number of hydrogen-bond donors (Lipinski definition) is 2. The van der Waals surface area contributed by atoms with E-state index in [1.807, 2.05) is 6.92 Å². The molecule has 1 amide bonds. The number of benzene rings is 2. The molecule has 33 heavy (non-hydrogen) atoms. The van der Waals surface area contributed by atoms with Crippen molar-refractivity contribution in [3.05, 3.63) is 70.7 Å². The Labute approximate surface area is 196 Å². The fraction of sp³-hybridized carbons (Fsp3) is 0.261. The summed E-state index contributed by atoms with van der Waals surface area (Å²) in [4.78, 5) is 28.9. The van der Waals surface area contributed by atoms with Crippen LogP contribution in [0.5, 0.6) is 0 Å². The van der Waals surface area contributed by atoms with Crippen molar-refractivity contribution in [2.45, 2.75) is 30.7 Å². The molecule has 1 aromatic heterocycles. The first kappa shape index (κ1) is 23.1. The molecule has 1 unspecified atom stereocenters. The molecule has 0 radical (unpaired) electrons. The van der Waals surface area contributed by atoms with Crippen LogP contribution in [0, 0.1) is 6.92 Å². The molecule has 1 fully saturated rings. The molecule has 1 aliphatic rings. The summed E-state index contributed by atoms with van der Waals surface area (Å²) < 4.78 is 27.4. The first-order chi connectivity index (χ1) is 15.7. The van der Waals surface area contributed by atoms with E-state index in [-0.39, 0.29) is 29.0 Å². The van der Waals surface area contributed by atoms with Crippen LogP contribution in [0.3, 0.4) is 0 Å². The van der Waals surface area contributed by atoms with E-state index in [1.165, 1.54) is 22.6 Å². The van der Waals surface area contributed by atoms with E-state index >= 15 is 0 Å². The standard InChI is InChI=1S/C23H23N3O5S2/c1-15-7-9-19(10-8-15)33(30,31)26-11-3-6-18(14-26)25-21(27)20-13-24-22(32-20)16-4-2-5-17(12-16)23(28)29/h2,4-5,7-10,12-13,18H,3,6,11,14H2,1H3,(H,25,27)(H,28,29). The van der Waals surface area contributed by atoms with Gasteiger partial charge in [-0.05, 0) is 44.0 Å². The van der Waals surface area contributed by atoms with Crippen LogP contribution in [0.1, 0.15) is 38.4 Å². The fourth-order valence-corrected chi connectivity index (χ4v) is 6.03. The van der Waals surface area contributed by atoms with Gasteiger partial charge in [0, 0.05) is 24.7 Å². The zero-order chi connectivity index (χ0) is 23.6. The van der Waals surface area contributed by atoms with Crippen molar-refractivity contribution in [2.24, 2.45) is 0 Å². The summed E-state index contributed by atoms with van der Waals surface area (Å²) in [7, 11) is -3.63. The summed E-state index contributed by atoms with van der Waals surface area (Å²) in [5.74, 6) is -1.36. The molecule has 1 saturated heterocycles. The summed E-state index contributed by atoms with van der Waals surface area (Å²) in [5.41, 5.74) is 1.74. The van der Waals surface area contributed by atoms with Crippen molar-refractivity contribution >= 4 is 33.2 Å². The molecule has 8 nitrogen and oxygen atoms in total. The van der Waals surface area contributed by atoms with E-state index in [1.54, 1.807) is 36.4 Å². The topological polar surface area (TPSA) is 117 Å². The Hall–Kier alpha value is -3.08. The molecule has 172 valence electrons. The van der Waals surface area contributed by atoms with E-state index in [2.05, 4.69) is 10.3 Å². The van der Waals surface area contributed by atoms with Crippen LogP contribution in [-0.2, 0) is 10.0 Å². The number of piperidine rings is 1. The van der Waals surface area contributed by atoms with E-state index < -0.39 is 16.0 Å². The lowest BCUT2D eigenvalue weighted by Crippen LogP contribution is -2.49. The molecule has 2 N–H and O–H groups in total. The molecule has 1 aliphatic heterocycles. The summed E-state index contributed by atoms with van der Waals surface area (Å²) in [6, 6.07) is 12.8. The molecular weight excluding hydrogens is 462 g/mol. The highest BCUT2D eigenvalue weighted by Crippen LogP contribution is 2.27. The van der Waals surface area contributed by atoms with Crippen LogP contribution in [0.25, 0.3) is 10.6 Å². The second-order valence-electron chi connectivity index (χ2n) is 7.90. The van der Waals surface area contributed by atoms with E-state index in [4.69, 9.17) is 5.11 Å². The monoisotopic (exact) mass is 485 g/mol. The first-order valence-corrected chi connectivity index (χ1v) is 12.7. The zero-order valence-corrected chi connectivity index (χ0v) is 19.5. The maximum absolute atomic E-state index is 13.0. The predicted octanol–water partition coefficient (Wildman–Crippen LogP) is 3.40. The summed E-state index contributed by atoms with van der Waals surface area (Å²) >= 11 is 1.16. The Morgan fingerprint density at radius 2 is 1.94 bits per heavy atom. The minimum atomic E-state index is -3.63. The van der Waals surface area contributed by atoms with Gasteiger partial charge in [-0.1, -0.05) is 29.8 Å². The highest BCUT2D eigenvalue weighted by molar-refractivity contribution is 7.89. The maximum atomic E-state index is 13.0. The normalized spacial score (nSPS) is 16.9. The van der Waals surface area contributed by atoms with Crippen LogP contribution < -0.4 is 5.32 Å². The highest BCUT2D eigenvalue weighted by Gasteiger charge is 2.31. The number of amides is 1. The van der Waals surface area contributed by atoms with Gasteiger partial charge >= 0.3 is 5.97 Å². The third-order valence-electron chi connectivity index (χ3n) is 5.46. The first-order valence-electron chi connectivity index (χ1n) is 10.4. The Morgan fingerprint density at radius 1 is 1.18 bits per heavy atom. The van der Waals surface area contributed by atoms with Crippen molar-refractivity contribution in [1.82, 2.24) is 14.6 Å². The molecule has 2 heterocycles. The number of carboxylic acid groups (broad SMARTS) is 1. The third-order valence-corrected chi connectivity index (χ3v) is 8.39. The van der Waals surface area contributed by atoms with Gasteiger partial charge in [0.2, 0.25) is 10.0 Å². The van der Waals surface area contributed by atoms with Gasteiger partial charge in [0.05, 0.1) is 16.7 Å². The molecule has 0 aliphatic carbocycles. The van der Waals surface area contributed by atoms with E-state index in [9.17, 15) is 18.0 Å². The molecule has 0 spiro atoms. The van der Waals surface area contributed by atoms with Crippen molar-refractivity contribution in [3.8, 4) is 10.6 Å². The van der Waals surface area contributed by atoms with Gasteiger partial charge in [-0.3, -0.25) is 4.79 Å². The Morgan fingerprint density at radius 3 is 2.67 bits per heavy atom. The number of aryl methyl sites for hydroxylation is 1. The Balaban J connectivity index is 1.44. The number of aromatic carboxylic acids is 1. The van der Waals surface area contributed by atoms with Crippen LogP contribution >= 0.6 is 11.3 Å². The highest BCUT2D eigenvalue weighted by atomic mass is 32.2. The zero-order valence-electron chi connectivity index (χ0n) is 17.9. The van der Waals surface area contributed by atoms with Gasteiger partial charge in [0.15, 0.2) is 0 Å². The predicted molar refractivity (Wildman–Crippen MR) is 125 cm³/mol. The summed E-state index contributed by atoms with van der Waals surface area (Å²) in [5, 5.41) is 12.6. The van der Waals surface area contributed by atoms with Gasteiger partial charge in [-0.25, -0.2) is 18.2 Å². The fourth-order valence-electron chi connectivity index (χ4n) is 3.69. The third kappa shape index (κ3) is 5.13. The average molecular weight is 486 g/mol. The lowest BCUT2D eigenvalue weighted by molar-refractivity contribution is 0.0696. The second kappa shape index (κ2) is 9.42. The van der Waals surface area contributed by atoms with Crippen molar-refractivity contribution in [1.29, 1.82) is 0 Å². The van der Waals surface area contributed by atoms with Gasteiger partial charge in [0.1, 0.15) is 9.88 Å². The Bertz CT molecular complexity index is 1290. The average Bonchev–Trinajstić information content (AvgIpc) is 3.30. The van der Waals surface area contributed by atoms with Crippen LogP contribution in [-0.4, -0.2) is 53.8 Å². The van der Waals surface area contributed by atoms with Gasteiger partial charge < -0.3 is 10.4 Å². The number of sulfonamides is 1. The number of rotatable bonds is 6. The van der Waals surface area contributed by atoms with Crippen LogP contribution in [0.4, 0.5) is 0 Å². The molecule has 2 aromatic carbocycles. The van der Waals surface area contributed by atoms with E-state index in [0.717, 1.165) is 16.9 Å². The van der Waals surface area contributed by atoms with Crippen molar-refractivity contribution in [3.63, 3.8) is 0 Å². The molecular formula is C23H23N3O5S2. The number of aromatic nitrogens is 1. The molecule has 3 aromatic rings. The van der Waals surface area contributed by atoms with Crippen molar-refractivity contribution < 1.29 is 23.1 Å². The van der Waals surface area contributed by atoms with Crippen molar-refractivity contribution in [2.75, 3.05) is 13.1 Å². The largest absolute Gasteiger partial charge is 0.478 e.